The number of carbonyl (C=O) groups is 3. The lowest BCUT2D eigenvalue weighted by Gasteiger charge is -2.41. The largest absolute Gasteiger partial charge is 0.342 e. The van der Waals surface area contributed by atoms with Crippen molar-refractivity contribution < 1.29 is 14.4 Å². The highest BCUT2D eigenvalue weighted by molar-refractivity contribution is 5.88. The van der Waals surface area contributed by atoms with E-state index in [4.69, 9.17) is 0 Å². The second kappa shape index (κ2) is 9.19. The van der Waals surface area contributed by atoms with Gasteiger partial charge in [-0.2, -0.15) is 0 Å². The van der Waals surface area contributed by atoms with Crippen LogP contribution in [0.4, 0.5) is 0 Å². The average molecular weight is 414 g/mol. The van der Waals surface area contributed by atoms with Crippen LogP contribution in [0, 0.1) is 11.8 Å². The van der Waals surface area contributed by atoms with Crippen LogP contribution in [0.3, 0.4) is 0 Å². The fraction of sp³-hybridized carbons (Fsp3) is 0.625. The van der Waals surface area contributed by atoms with Gasteiger partial charge in [-0.05, 0) is 32.3 Å². The van der Waals surface area contributed by atoms with Crippen LogP contribution in [0.15, 0.2) is 30.3 Å². The van der Waals surface area contributed by atoms with Crippen molar-refractivity contribution in [3.8, 4) is 0 Å². The van der Waals surface area contributed by atoms with E-state index < -0.39 is 5.41 Å². The summed E-state index contributed by atoms with van der Waals surface area (Å²) in [5, 5.41) is 0. The highest BCUT2D eigenvalue weighted by Gasteiger charge is 2.37. The Labute approximate surface area is 180 Å². The summed E-state index contributed by atoms with van der Waals surface area (Å²) >= 11 is 0. The quantitative estimate of drug-likeness (QED) is 0.762. The molecule has 0 aliphatic carbocycles. The minimum absolute atomic E-state index is 0.0404. The van der Waals surface area contributed by atoms with Crippen LogP contribution in [0.25, 0.3) is 0 Å². The van der Waals surface area contributed by atoms with E-state index in [1.165, 1.54) is 0 Å². The van der Waals surface area contributed by atoms with Gasteiger partial charge in [0.1, 0.15) is 0 Å². The Hall–Kier alpha value is -2.37. The van der Waals surface area contributed by atoms with Crippen molar-refractivity contribution in [2.45, 2.75) is 46.0 Å². The van der Waals surface area contributed by atoms with Crippen molar-refractivity contribution in [1.29, 1.82) is 0 Å². The summed E-state index contributed by atoms with van der Waals surface area (Å²) in [6.07, 6.45) is 1.71. The molecule has 30 heavy (non-hydrogen) atoms. The van der Waals surface area contributed by atoms with Gasteiger partial charge in [0.05, 0.1) is 11.3 Å². The van der Waals surface area contributed by atoms with Crippen molar-refractivity contribution in [2.24, 2.45) is 11.8 Å². The number of hydrogen-bond acceptors (Lipinski definition) is 3. The molecule has 3 amide bonds. The molecule has 2 aliphatic rings. The SMILES string of the molecule is CC(C)C(=O)N1CCCC(C(=O)N2CCN(C(=O)C(C)(C)c3ccccc3)CC2)C1. The van der Waals surface area contributed by atoms with Gasteiger partial charge in [0.15, 0.2) is 0 Å². The van der Waals surface area contributed by atoms with Crippen molar-refractivity contribution in [3.63, 3.8) is 0 Å². The van der Waals surface area contributed by atoms with E-state index in [-0.39, 0.29) is 29.6 Å². The Morgan fingerprint density at radius 1 is 0.900 bits per heavy atom. The molecule has 2 fully saturated rings. The van der Waals surface area contributed by atoms with Crippen LogP contribution < -0.4 is 0 Å². The monoisotopic (exact) mass is 413 g/mol. The van der Waals surface area contributed by atoms with E-state index in [1.54, 1.807) is 0 Å². The fourth-order valence-electron chi connectivity index (χ4n) is 4.51. The molecule has 6 heteroatoms. The summed E-state index contributed by atoms with van der Waals surface area (Å²) in [5.41, 5.74) is 0.416. The topological polar surface area (TPSA) is 60.9 Å². The predicted octanol–water partition coefficient (Wildman–Crippen LogP) is 2.53. The maximum absolute atomic E-state index is 13.2. The molecule has 0 saturated carbocycles. The van der Waals surface area contributed by atoms with Gasteiger partial charge >= 0.3 is 0 Å². The first-order chi connectivity index (χ1) is 14.2. The van der Waals surface area contributed by atoms with Crippen molar-refractivity contribution in [2.75, 3.05) is 39.3 Å². The van der Waals surface area contributed by atoms with Crippen LogP contribution in [-0.4, -0.2) is 71.7 Å². The maximum Gasteiger partial charge on any atom is 0.232 e. The molecular weight excluding hydrogens is 378 g/mol. The van der Waals surface area contributed by atoms with Crippen LogP contribution in [-0.2, 0) is 19.8 Å². The van der Waals surface area contributed by atoms with Gasteiger partial charge in [-0.1, -0.05) is 44.2 Å². The number of piperidine rings is 1. The first-order valence-corrected chi connectivity index (χ1v) is 11.1. The summed E-state index contributed by atoms with van der Waals surface area (Å²) in [4.78, 5) is 44.2. The number of carbonyl (C=O) groups excluding carboxylic acids is 3. The molecule has 0 aromatic heterocycles. The van der Waals surface area contributed by atoms with E-state index in [0.29, 0.717) is 32.7 Å². The lowest BCUT2D eigenvalue weighted by Crippen LogP contribution is -2.56. The van der Waals surface area contributed by atoms with Crippen LogP contribution >= 0.6 is 0 Å². The molecule has 2 heterocycles. The molecule has 1 aromatic rings. The number of rotatable bonds is 4. The summed E-state index contributed by atoms with van der Waals surface area (Å²) in [5.74, 6) is 0.203. The Kier molecular flexibility index (Phi) is 6.84. The summed E-state index contributed by atoms with van der Waals surface area (Å²) in [6.45, 7) is 11.2. The molecule has 3 rings (SSSR count). The van der Waals surface area contributed by atoms with Crippen molar-refractivity contribution in [1.82, 2.24) is 14.7 Å². The molecule has 0 radical (unpaired) electrons. The highest BCUT2D eigenvalue weighted by atomic mass is 16.2. The molecular formula is C24H35N3O3. The number of nitrogens with zero attached hydrogens (tertiary/aromatic N) is 3. The second-order valence-corrected chi connectivity index (χ2v) is 9.39. The lowest BCUT2D eigenvalue weighted by molar-refractivity contribution is -0.147. The standard InChI is InChI=1S/C24H35N3O3/c1-18(2)21(28)27-12-8-9-19(17-27)22(29)25-13-15-26(16-14-25)23(30)24(3,4)20-10-6-5-7-11-20/h5-7,10-11,18-19H,8-9,12-17H2,1-4H3. The van der Waals surface area contributed by atoms with Gasteiger partial charge in [-0.25, -0.2) is 0 Å². The minimum Gasteiger partial charge on any atom is -0.342 e. The van der Waals surface area contributed by atoms with E-state index >= 15 is 0 Å². The van der Waals surface area contributed by atoms with Crippen molar-refractivity contribution in [3.05, 3.63) is 35.9 Å². The van der Waals surface area contributed by atoms with Gasteiger partial charge in [-0.15, -0.1) is 0 Å². The number of benzene rings is 1. The average Bonchev–Trinajstić information content (AvgIpc) is 2.78. The third kappa shape index (κ3) is 4.68. The third-order valence-corrected chi connectivity index (χ3v) is 6.48. The molecule has 0 N–H and O–H groups in total. The van der Waals surface area contributed by atoms with E-state index in [2.05, 4.69) is 0 Å². The molecule has 6 nitrogen and oxygen atoms in total. The molecule has 2 aliphatic heterocycles. The number of likely N-dealkylation sites (tertiary alicyclic amines) is 1. The zero-order valence-electron chi connectivity index (χ0n) is 18.8. The molecule has 1 unspecified atom stereocenters. The Morgan fingerprint density at radius 2 is 1.50 bits per heavy atom. The van der Waals surface area contributed by atoms with Crippen LogP contribution in [0.1, 0.15) is 46.1 Å². The molecule has 2 saturated heterocycles. The third-order valence-electron chi connectivity index (χ3n) is 6.48. The number of piperazine rings is 1. The normalized spacial score (nSPS) is 20.4. The number of hydrogen-bond donors (Lipinski definition) is 0. The minimum atomic E-state index is -0.589. The van der Waals surface area contributed by atoms with E-state index in [1.807, 2.05) is 72.7 Å². The Bertz CT molecular complexity index is 767. The van der Waals surface area contributed by atoms with Gasteiger partial charge in [0, 0.05) is 45.2 Å². The first-order valence-electron chi connectivity index (χ1n) is 11.1. The zero-order valence-corrected chi connectivity index (χ0v) is 18.8. The Balaban J connectivity index is 1.56. The van der Waals surface area contributed by atoms with Gasteiger partial charge in [0.2, 0.25) is 17.7 Å². The molecule has 0 bridgehead atoms. The van der Waals surface area contributed by atoms with Gasteiger partial charge in [0.25, 0.3) is 0 Å². The first kappa shape index (κ1) is 22.3. The Morgan fingerprint density at radius 3 is 2.10 bits per heavy atom. The van der Waals surface area contributed by atoms with E-state index in [9.17, 15) is 14.4 Å². The van der Waals surface area contributed by atoms with Gasteiger partial charge < -0.3 is 14.7 Å². The van der Waals surface area contributed by atoms with Crippen LogP contribution in [0.2, 0.25) is 0 Å². The number of amides is 3. The van der Waals surface area contributed by atoms with Crippen molar-refractivity contribution >= 4 is 17.7 Å². The lowest BCUT2D eigenvalue weighted by atomic mass is 9.83. The van der Waals surface area contributed by atoms with E-state index in [0.717, 1.165) is 24.9 Å². The highest BCUT2D eigenvalue weighted by Crippen LogP contribution is 2.27. The predicted molar refractivity (Wildman–Crippen MR) is 117 cm³/mol. The molecule has 1 atom stereocenters. The maximum atomic E-state index is 13.2. The van der Waals surface area contributed by atoms with Crippen LogP contribution in [0.5, 0.6) is 0 Å². The second-order valence-electron chi connectivity index (χ2n) is 9.39. The molecule has 1 aromatic carbocycles. The smallest absolute Gasteiger partial charge is 0.232 e. The van der Waals surface area contributed by atoms with Gasteiger partial charge in [-0.3, -0.25) is 14.4 Å². The molecule has 164 valence electrons. The fourth-order valence-corrected chi connectivity index (χ4v) is 4.51. The summed E-state index contributed by atoms with van der Waals surface area (Å²) in [7, 11) is 0. The zero-order chi connectivity index (χ0) is 21.9. The summed E-state index contributed by atoms with van der Waals surface area (Å²) < 4.78 is 0. The molecule has 0 spiro atoms. The summed E-state index contributed by atoms with van der Waals surface area (Å²) in [6, 6.07) is 9.85.